The number of fused-ring (bicyclic) bond motifs is 2. The first-order valence-electron chi connectivity index (χ1n) is 10.3. The van der Waals surface area contributed by atoms with Gasteiger partial charge in [0.25, 0.3) is 0 Å². The highest BCUT2D eigenvalue weighted by Crippen LogP contribution is 2.34. The number of nitrogens with one attached hydrogen (secondary N) is 2. The summed E-state index contributed by atoms with van der Waals surface area (Å²) in [5.41, 5.74) is 5.00. The van der Waals surface area contributed by atoms with Crippen LogP contribution in [0.25, 0.3) is 23.5 Å². The largest absolute Gasteiger partial charge is 0.439 e. The molecule has 0 unspecified atom stereocenters. The predicted octanol–water partition coefficient (Wildman–Crippen LogP) is 5.75. The fraction of sp³-hybridized carbons (Fsp3) is 0. The van der Waals surface area contributed by atoms with Crippen LogP contribution in [-0.2, 0) is 0 Å². The van der Waals surface area contributed by atoms with Crippen LogP contribution in [0.3, 0.4) is 0 Å². The second-order valence-electron chi connectivity index (χ2n) is 7.36. The molecule has 0 aliphatic carbocycles. The van der Waals surface area contributed by atoms with Crippen molar-refractivity contribution in [3.8, 4) is 22.9 Å². The minimum Gasteiger partial charge on any atom is -0.439 e. The lowest BCUT2D eigenvalue weighted by Crippen LogP contribution is -1.99. The normalized spacial score (nSPS) is 16.0. The van der Waals surface area contributed by atoms with Crippen molar-refractivity contribution in [1.29, 1.82) is 0 Å². The number of hydrogen-bond donors (Lipinski definition) is 2. The number of ether oxygens (including phenoxy) is 2. The van der Waals surface area contributed by atoms with Crippen molar-refractivity contribution in [2.24, 2.45) is 0 Å². The van der Waals surface area contributed by atoms with Gasteiger partial charge >= 0.3 is 0 Å². The molecule has 2 aromatic heterocycles. The molecule has 2 N–H and O–H groups in total. The van der Waals surface area contributed by atoms with Gasteiger partial charge < -0.3 is 20.1 Å². The van der Waals surface area contributed by atoms with Gasteiger partial charge in [-0.15, -0.1) is 0 Å². The number of rotatable bonds is 3. The molecule has 4 aromatic rings. The first-order valence-corrected chi connectivity index (χ1v) is 10.3. The Balaban J connectivity index is 1.25. The molecule has 0 bridgehead atoms. The number of benzene rings is 2. The average Bonchev–Trinajstić information content (AvgIpc) is 3.42. The van der Waals surface area contributed by atoms with Crippen LogP contribution in [-0.4, -0.2) is 9.97 Å². The van der Waals surface area contributed by atoms with Gasteiger partial charge in [0.05, 0.1) is 34.2 Å². The Labute approximate surface area is 184 Å². The smallest absolute Gasteiger partial charge is 0.200 e. The maximum atomic E-state index is 5.84. The highest BCUT2D eigenvalue weighted by Gasteiger charge is 2.17. The summed E-state index contributed by atoms with van der Waals surface area (Å²) in [6.45, 7) is 0. The Bertz CT molecular complexity index is 1230. The minimum absolute atomic E-state index is 0.645. The van der Waals surface area contributed by atoms with Gasteiger partial charge in [-0.3, -0.25) is 0 Å². The van der Waals surface area contributed by atoms with Crippen LogP contribution >= 0.6 is 0 Å². The van der Waals surface area contributed by atoms with Crippen molar-refractivity contribution < 1.29 is 9.47 Å². The molecule has 0 saturated carbocycles. The van der Waals surface area contributed by atoms with Crippen LogP contribution in [0.2, 0.25) is 0 Å². The molecule has 154 valence electrons. The van der Waals surface area contributed by atoms with Crippen LogP contribution in [0.15, 0.2) is 96.7 Å². The second-order valence-corrected chi connectivity index (χ2v) is 7.36. The van der Waals surface area contributed by atoms with Crippen LogP contribution in [0, 0.1) is 0 Å². The van der Waals surface area contributed by atoms with E-state index in [0.717, 1.165) is 45.6 Å². The Kier molecular flexibility index (Phi) is 4.32. The van der Waals surface area contributed by atoms with Crippen molar-refractivity contribution in [2.75, 3.05) is 10.6 Å². The van der Waals surface area contributed by atoms with E-state index in [-0.39, 0.29) is 0 Å². The molecule has 6 heteroatoms. The molecule has 0 spiro atoms. The van der Waals surface area contributed by atoms with Gasteiger partial charge in [-0.25, -0.2) is 9.97 Å². The van der Waals surface area contributed by atoms with Gasteiger partial charge in [0.1, 0.15) is 0 Å². The molecule has 2 aromatic carbocycles. The number of anilines is 2. The number of hydrogen-bond acceptors (Lipinski definition) is 6. The molecule has 32 heavy (non-hydrogen) atoms. The molecule has 0 atom stereocenters. The molecule has 0 saturated heterocycles. The molecule has 2 aliphatic rings. The number of nitrogens with zero attached hydrogens (tertiary/aromatic N) is 2. The highest BCUT2D eigenvalue weighted by atomic mass is 16.5. The van der Waals surface area contributed by atoms with E-state index in [1.807, 2.05) is 97.1 Å². The van der Waals surface area contributed by atoms with E-state index in [2.05, 4.69) is 10.6 Å². The van der Waals surface area contributed by atoms with E-state index in [0.29, 0.717) is 11.8 Å². The van der Waals surface area contributed by atoms with Crippen molar-refractivity contribution in [2.45, 2.75) is 0 Å². The third-order valence-electron chi connectivity index (χ3n) is 5.09. The van der Waals surface area contributed by atoms with Gasteiger partial charge in [-0.05, 0) is 48.5 Å². The maximum absolute atomic E-state index is 5.84. The van der Waals surface area contributed by atoms with Gasteiger partial charge in [0.15, 0.2) is 23.3 Å². The zero-order chi connectivity index (χ0) is 21.3. The zero-order valence-corrected chi connectivity index (χ0v) is 16.9. The van der Waals surface area contributed by atoms with Crippen molar-refractivity contribution in [3.05, 3.63) is 108 Å². The van der Waals surface area contributed by atoms with Crippen LogP contribution < -0.4 is 20.1 Å². The summed E-state index contributed by atoms with van der Waals surface area (Å²) >= 11 is 0. The summed E-state index contributed by atoms with van der Waals surface area (Å²) in [6.07, 6.45) is 3.76. The summed E-state index contributed by atoms with van der Waals surface area (Å²) in [5.74, 6) is 2.90. The number of aromatic nitrogens is 2. The summed E-state index contributed by atoms with van der Waals surface area (Å²) in [4.78, 5) is 9.50. The Morgan fingerprint density at radius 1 is 0.531 bits per heavy atom. The second kappa shape index (κ2) is 7.59. The minimum atomic E-state index is 0.645. The first kappa shape index (κ1) is 18.2. The quantitative estimate of drug-likeness (QED) is 0.442. The van der Waals surface area contributed by atoms with E-state index < -0.39 is 0 Å². The molecule has 0 amide bonds. The van der Waals surface area contributed by atoms with Gasteiger partial charge in [-0.2, -0.15) is 0 Å². The highest BCUT2D eigenvalue weighted by molar-refractivity contribution is 5.70. The maximum Gasteiger partial charge on any atom is 0.200 e. The monoisotopic (exact) mass is 418 g/mol. The zero-order valence-electron chi connectivity index (χ0n) is 16.9. The Morgan fingerprint density at radius 3 is 1.47 bits per heavy atom. The van der Waals surface area contributed by atoms with Crippen molar-refractivity contribution >= 4 is 23.5 Å². The molecule has 0 fully saturated rings. The van der Waals surface area contributed by atoms with Crippen molar-refractivity contribution in [1.82, 2.24) is 9.97 Å². The number of pyridine rings is 2. The molecular weight excluding hydrogens is 400 g/mol. The Hall–Kier alpha value is -4.58. The van der Waals surface area contributed by atoms with E-state index in [1.54, 1.807) is 0 Å². The lowest BCUT2D eigenvalue weighted by Gasteiger charge is -2.05. The molecule has 6 rings (SSSR count). The summed E-state index contributed by atoms with van der Waals surface area (Å²) in [5, 5.41) is 6.51. The molecule has 0 radical (unpaired) electrons. The molecular formula is C26H18N4O2. The number of para-hydroxylation sites is 4. The van der Waals surface area contributed by atoms with Gasteiger partial charge in [-0.1, -0.05) is 36.4 Å². The molecule has 2 aliphatic heterocycles. The fourth-order valence-corrected chi connectivity index (χ4v) is 3.62. The topological polar surface area (TPSA) is 68.3 Å². The standard InChI is InChI=1S/C26H18N4O2/c1-3-13-23-21(9-1)29-25(31-23)15-17-7-5-11-19(27-17)20-12-6-8-18(28-20)16-26-30-22-10-2-4-14-24(22)32-26/h1-16,29-30H/b25-15+,26-16+. The summed E-state index contributed by atoms with van der Waals surface area (Å²) in [6, 6.07) is 27.3. The van der Waals surface area contributed by atoms with E-state index in [4.69, 9.17) is 19.4 Å². The van der Waals surface area contributed by atoms with E-state index in [1.165, 1.54) is 0 Å². The van der Waals surface area contributed by atoms with Gasteiger partial charge in [0.2, 0.25) is 0 Å². The molecule has 6 nitrogen and oxygen atoms in total. The summed E-state index contributed by atoms with van der Waals surface area (Å²) in [7, 11) is 0. The van der Waals surface area contributed by atoms with Crippen LogP contribution in [0.4, 0.5) is 11.4 Å². The third kappa shape index (κ3) is 3.54. The predicted molar refractivity (Wildman–Crippen MR) is 125 cm³/mol. The summed E-state index contributed by atoms with van der Waals surface area (Å²) < 4.78 is 11.7. The van der Waals surface area contributed by atoms with Crippen molar-refractivity contribution in [3.63, 3.8) is 0 Å². The SMILES string of the molecule is C(=C1/Nc2ccccc2O1)/c1cccc(-c2cccc(/C=C3\Nc4ccccc4O3)n2)n1. The lowest BCUT2D eigenvalue weighted by atomic mass is 10.2. The van der Waals surface area contributed by atoms with Gasteiger partial charge in [0, 0.05) is 12.2 Å². The average molecular weight is 418 g/mol. The lowest BCUT2D eigenvalue weighted by molar-refractivity contribution is 0.461. The van der Waals surface area contributed by atoms with E-state index in [9.17, 15) is 0 Å². The molecule has 4 heterocycles. The van der Waals surface area contributed by atoms with Crippen LogP contribution in [0.5, 0.6) is 11.5 Å². The third-order valence-corrected chi connectivity index (χ3v) is 5.09. The fourth-order valence-electron chi connectivity index (χ4n) is 3.62. The first-order chi connectivity index (χ1) is 15.8. The Morgan fingerprint density at radius 2 is 1.00 bits per heavy atom. The van der Waals surface area contributed by atoms with E-state index >= 15 is 0 Å². The van der Waals surface area contributed by atoms with Crippen LogP contribution in [0.1, 0.15) is 11.4 Å².